The molecule has 5 rings (SSSR count). The molecule has 1 spiro atoms. The lowest BCUT2D eigenvalue weighted by Gasteiger charge is -2.32. The number of aliphatic hydroxyl groups excluding tert-OH is 1. The smallest absolute Gasteiger partial charge is 0.264 e. The largest absolute Gasteiger partial charge is 0.432 e. The first kappa shape index (κ1) is 27.7. The Labute approximate surface area is 238 Å². The number of hydrogen-bond acceptors (Lipinski definition) is 5. The van der Waals surface area contributed by atoms with E-state index in [0.717, 1.165) is 39.1 Å². The van der Waals surface area contributed by atoms with Crippen LogP contribution in [0, 0.1) is 5.92 Å². The predicted molar refractivity (Wildman–Crippen MR) is 157 cm³/mol. The van der Waals surface area contributed by atoms with Crippen molar-refractivity contribution in [2.75, 3.05) is 16.4 Å². The standard InChI is InChI=1S/C30H33BrN2O5Si/c1-20-28(39(2,3)37)27(15-16-34)38-30(20)25-17-22(31)11-14-26(25)32(29(30)36)18-21-9-12-24(13-10-21)33(19-35)23-7-5-4-6-8-23/h4-14,17,19-20,27-28,34,37H,15-16,18H2,1-3H3/t20-,27+,28-,30+/m1/s1. The van der Waals surface area contributed by atoms with Gasteiger partial charge in [0.25, 0.3) is 5.91 Å². The minimum Gasteiger partial charge on any atom is -0.432 e. The number of carbonyl (C=O) groups excluding carboxylic acids is 2. The Morgan fingerprint density at radius 1 is 1.08 bits per heavy atom. The summed E-state index contributed by atoms with van der Waals surface area (Å²) in [5.41, 5.74) is 2.51. The second-order valence-corrected chi connectivity index (χ2v) is 15.8. The van der Waals surface area contributed by atoms with E-state index in [2.05, 4.69) is 15.9 Å². The van der Waals surface area contributed by atoms with Gasteiger partial charge in [0.1, 0.15) is 0 Å². The lowest BCUT2D eigenvalue weighted by atomic mass is 9.82. The van der Waals surface area contributed by atoms with E-state index < -0.39 is 20.0 Å². The lowest BCUT2D eigenvalue weighted by Crippen LogP contribution is -2.46. The Hall–Kier alpha value is -2.82. The van der Waals surface area contributed by atoms with Gasteiger partial charge in [-0.3, -0.25) is 14.5 Å². The molecule has 4 atom stereocenters. The average molecular weight is 610 g/mol. The van der Waals surface area contributed by atoms with Gasteiger partial charge in [-0.15, -0.1) is 0 Å². The normalized spacial score (nSPS) is 24.3. The van der Waals surface area contributed by atoms with E-state index in [-0.39, 0.29) is 24.0 Å². The number of benzene rings is 3. The zero-order chi connectivity index (χ0) is 27.9. The summed E-state index contributed by atoms with van der Waals surface area (Å²) in [4.78, 5) is 40.7. The molecule has 0 saturated carbocycles. The Morgan fingerprint density at radius 3 is 2.36 bits per heavy atom. The maximum Gasteiger partial charge on any atom is 0.264 e. The number of halogens is 1. The summed E-state index contributed by atoms with van der Waals surface area (Å²) in [6.07, 6.45) is 0.732. The highest BCUT2D eigenvalue weighted by molar-refractivity contribution is 9.10. The number of rotatable bonds is 8. The fourth-order valence-electron chi connectivity index (χ4n) is 6.41. The van der Waals surface area contributed by atoms with Crippen LogP contribution < -0.4 is 9.80 Å². The maximum absolute atomic E-state index is 14.3. The van der Waals surface area contributed by atoms with Gasteiger partial charge in [0.05, 0.1) is 18.3 Å². The third-order valence-electron chi connectivity index (χ3n) is 8.05. The minimum absolute atomic E-state index is 0.0785. The SMILES string of the molecule is C[C@@H]1[C@@H]([Si](C)(C)O)[C@H](CCO)O[C@@]12C(=O)N(Cc1ccc(N(C=O)c3ccccc3)cc1)c1ccc(Br)cc12. The zero-order valence-corrected chi connectivity index (χ0v) is 24.8. The third-order valence-corrected chi connectivity index (χ3v) is 11.1. The number of aliphatic hydroxyl groups is 1. The van der Waals surface area contributed by atoms with Gasteiger partial charge in [0.15, 0.2) is 13.9 Å². The lowest BCUT2D eigenvalue weighted by molar-refractivity contribution is -0.146. The third kappa shape index (κ3) is 4.76. The molecule has 1 fully saturated rings. The fraction of sp³-hybridized carbons (Fsp3) is 0.333. The van der Waals surface area contributed by atoms with Crippen molar-refractivity contribution >= 4 is 53.6 Å². The van der Waals surface area contributed by atoms with Crippen molar-refractivity contribution in [2.45, 2.75) is 50.2 Å². The molecule has 9 heteroatoms. The molecule has 3 aromatic carbocycles. The van der Waals surface area contributed by atoms with E-state index in [1.54, 1.807) is 9.80 Å². The molecule has 0 bridgehead atoms. The van der Waals surface area contributed by atoms with Gasteiger partial charge in [-0.25, -0.2) is 0 Å². The van der Waals surface area contributed by atoms with Gasteiger partial charge in [0.2, 0.25) is 6.41 Å². The molecule has 0 aliphatic carbocycles. The summed E-state index contributed by atoms with van der Waals surface area (Å²) >= 11 is 3.57. The van der Waals surface area contributed by atoms with Gasteiger partial charge >= 0.3 is 0 Å². The van der Waals surface area contributed by atoms with Crippen LogP contribution >= 0.6 is 15.9 Å². The van der Waals surface area contributed by atoms with Crippen LogP contribution in [0.25, 0.3) is 0 Å². The number of hydrogen-bond donors (Lipinski definition) is 2. The van der Waals surface area contributed by atoms with E-state index in [1.165, 1.54) is 0 Å². The predicted octanol–water partition coefficient (Wildman–Crippen LogP) is 5.47. The van der Waals surface area contributed by atoms with Gasteiger partial charge in [-0.05, 0) is 67.5 Å². The molecule has 2 heterocycles. The molecule has 7 nitrogen and oxygen atoms in total. The van der Waals surface area contributed by atoms with Crippen LogP contribution in [0.2, 0.25) is 18.6 Å². The second kappa shape index (κ2) is 10.6. The van der Waals surface area contributed by atoms with E-state index in [9.17, 15) is 19.5 Å². The van der Waals surface area contributed by atoms with Crippen molar-refractivity contribution in [1.82, 2.24) is 0 Å². The topological polar surface area (TPSA) is 90.3 Å². The molecule has 0 unspecified atom stereocenters. The Kier molecular flexibility index (Phi) is 7.56. The monoisotopic (exact) mass is 608 g/mol. The van der Waals surface area contributed by atoms with Crippen LogP contribution in [0.4, 0.5) is 17.1 Å². The number of fused-ring (bicyclic) bond motifs is 2. The highest BCUT2D eigenvalue weighted by Crippen LogP contribution is 2.60. The summed E-state index contributed by atoms with van der Waals surface area (Å²) in [6.45, 7) is 5.99. The summed E-state index contributed by atoms with van der Waals surface area (Å²) in [6, 6.07) is 22.8. The summed E-state index contributed by atoms with van der Waals surface area (Å²) < 4.78 is 7.48. The molecular formula is C30H33BrN2O5Si. The Bertz CT molecular complexity index is 1360. The Morgan fingerprint density at radius 2 is 1.74 bits per heavy atom. The molecule has 204 valence electrons. The summed E-state index contributed by atoms with van der Waals surface area (Å²) in [5, 5.41) is 9.76. The average Bonchev–Trinajstić information content (AvgIpc) is 3.33. The van der Waals surface area contributed by atoms with E-state index >= 15 is 0 Å². The maximum atomic E-state index is 14.3. The number of anilines is 3. The van der Waals surface area contributed by atoms with Crippen LogP contribution in [-0.2, 0) is 26.5 Å². The van der Waals surface area contributed by atoms with Crippen LogP contribution in [0.1, 0.15) is 24.5 Å². The van der Waals surface area contributed by atoms with E-state index in [1.807, 2.05) is 92.8 Å². The second-order valence-electron chi connectivity index (χ2n) is 10.9. The van der Waals surface area contributed by atoms with Crippen molar-refractivity contribution in [1.29, 1.82) is 0 Å². The van der Waals surface area contributed by atoms with Crippen molar-refractivity contribution in [3.05, 3.63) is 88.4 Å². The number of para-hydroxylation sites is 1. The molecule has 2 amide bonds. The number of amides is 2. The fourth-order valence-corrected chi connectivity index (χ4v) is 9.37. The Balaban J connectivity index is 1.49. The molecule has 39 heavy (non-hydrogen) atoms. The number of ether oxygens (including phenoxy) is 1. The summed E-state index contributed by atoms with van der Waals surface area (Å²) in [7, 11) is -2.74. The molecule has 2 aliphatic heterocycles. The quantitative estimate of drug-likeness (QED) is 0.261. The molecule has 0 aromatic heterocycles. The highest BCUT2D eigenvalue weighted by atomic mass is 79.9. The van der Waals surface area contributed by atoms with Gasteiger partial charge in [-0.1, -0.05) is 53.2 Å². The highest BCUT2D eigenvalue weighted by Gasteiger charge is 2.66. The molecule has 3 aromatic rings. The van der Waals surface area contributed by atoms with Gasteiger partial charge in [-0.2, -0.15) is 0 Å². The van der Waals surface area contributed by atoms with Crippen molar-refractivity contribution in [3.8, 4) is 0 Å². The van der Waals surface area contributed by atoms with E-state index in [4.69, 9.17) is 4.74 Å². The first-order valence-electron chi connectivity index (χ1n) is 13.1. The first-order chi connectivity index (χ1) is 18.6. The molecule has 2 aliphatic rings. The van der Waals surface area contributed by atoms with Crippen LogP contribution in [-0.4, -0.2) is 43.2 Å². The molecule has 1 saturated heterocycles. The van der Waals surface area contributed by atoms with E-state index in [0.29, 0.717) is 13.0 Å². The first-order valence-corrected chi connectivity index (χ1v) is 16.9. The molecule has 0 radical (unpaired) electrons. The number of nitrogens with zero attached hydrogens (tertiary/aromatic N) is 2. The van der Waals surface area contributed by atoms with Crippen molar-refractivity contribution in [3.63, 3.8) is 0 Å². The minimum atomic E-state index is -2.74. The van der Waals surface area contributed by atoms with Crippen molar-refractivity contribution < 1.29 is 24.2 Å². The van der Waals surface area contributed by atoms with Gasteiger partial charge in [0, 0.05) is 39.5 Å². The van der Waals surface area contributed by atoms with Crippen LogP contribution in [0.3, 0.4) is 0 Å². The van der Waals surface area contributed by atoms with Crippen LogP contribution in [0.15, 0.2) is 77.3 Å². The van der Waals surface area contributed by atoms with Crippen LogP contribution in [0.5, 0.6) is 0 Å². The molecular weight excluding hydrogens is 576 g/mol. The van der Waals surface area contributed by atoms with Crippen molar-refractivity contribution in [2.24, 2.45) is 5.92 Å². The zero-order valence-electron chi connectivity index (χ0n) is 22.3. The number of carbonyl (C=O) groups is 2. The van der Waals surface area contributed by atoms with Gasteiger partial charge < -0.3 is 19.5 Å². The summed E-state index contributed by atoms with van der Waals surface area (Å²) in [5.74, 6) is -0.435. The molecule has 2 N–H and O–H groups in total.